The number of ether oxygens (including phenoxy) is 2. The molecule has 0 radical (unpaired) electrons. The van der Waals surface area contributed by atoms with Gasteiger partial charge in [0.05, 0.1) is 31.5 Å². The molecule has 1 N–H and O–H groups in total. The maximum atomic E-state index is 13.4. The van der Waals surface area contributed by atoms with Crippen molar-refractivity contribution in [3.8, 4) is 5.75 Å². The number of aliphatic imine (C=N–C) groups is 1. The number of methoxy groups -OCH3 is 1. The van der Waals surface area contributed by atoms with E-state index >= 15 is 0 Å². The zero-order valence-corrected chi connectivity index (χ0v) is 21.7. The minimum absolute atomic E-state index is 0.0787. The van der Waals surface area contributed by atoms with Gasteiger partial charge in [0.2, 0.25) is 11.8 Å². The molecule has 1 aliphatic rings. The summed E-state index contributed by atoms with van der Waals surface area (Å²) in [5, 5.41) is 2.50. The predicted octanol–water partition coefficient (Wildman–Crippen LogP) is 5.17. The normalized spacial score (nSPS) is 16.0. The molecule has 1 atom stereocenters. The van der Waals surface area contributed by atoms with E-state index in [1.165, 1.54) is 40.9 Å². The number of nitrogens with one attached hydrogen (secondary N) is 1. The minimum atomic E-state index is -0.689. The van der Waals surface area contributed by atoms with Crippen LogP contribution in [0.1, 0.15) is 29.3 Å². The number of amides is 2. The van der Waals surface area contributed by atoms with Crippen LogP contribution < -0.4 is 10.1 Å². The molecule has 10 heteroatoms. The second-order valence-corrected chi connectivity index (χ2v) is 9.47. The van der Waals surface area contributed by atoms with Crippen molar-refractivity contribution in [2.75, 3.05) is 19.0 Å². The van der Waals surface area contributed by atoms with Gasteiger partial charge in [0.25, 0.3) is 0 Å². The number of esters is 1. The summed E-state index contributed by atoms with van der Waals surface area (Å²) in [6, 6.07) is 19.3. The SMILES string of the molecule is CCOC(=O)c1ccc(NC(=O)CC2SC(=Nc3ccc(F)cc3)N(Cc3ccc(OC)cc3)C2=O)cc1. The van der Waals surface area contributed by atoms with Crippen molar-refractivity contribution in [2.45, 2.75) is 25.1 Å². The van der Waals surface area contributed by atoms with Crippen molar-refractivity contribution in [1.82, 2.24) is 4.90 Å². The van der Waals surface area contributed by atoms with E-state index in [1.54, 1.807) is 50.4 Å². The van der Waals surface area contributed by atoms with E-state index in [9.17, 15) is 18.8 Å². The number of carbonyl (C=O) groups is 3. The summed E-state index contributed by atoms with van der Waals surface area (Å²) in [4.78, 5) is 44.1. The minimum Gasteiger partial charge on any atom is -0.497 e. The summed E-state index contributed by atoms with van der Waals surface area (Å²) in [5.41, 5.74) is 2.22. The van der Waals surface area contributed by atoms with E-state index in [4.69, 9.17) is 9.47 Å². The highest BCUT2D eigenvalue weighted by molar-refractivity contribution is 8.15. The summed E-state index contributed by atoms with van der Waals surface area (Å²) in [5.74, 6) is -0.736. The van der Waals surface area contributed by atoms with Crippen LogP contribution in [0.2, 0.25) is 0 Å². The number of nitrogens with zero attached hydrogens (tertiary/aromatic N) is 2. The fourth-order valence-corrected chi connectivity index (χ4v) is 4.85. The summed E-state index contributed by atoms with van der Waals surface area (Å²) < 4.78 is 23.5. The monoisotopic (exact) mass is 535 g/mol. The summed E-state index contributed by atoms with van der Waals surface area (Å²) >= 11 is 1.19. The van der Waals surface area contributed by atoms with Gasteiger partial charge in [0.1, 0.15) is 16.8 Å². The first-order valence-electron chi connectivity index (χ1n) is 11.9. The molecule has 0 aliphatic carbocycles. The fourth-order valence-electron chi connectivity index (χ4n) is 3.69. The number of anilines is 1. The zero-order valence-electron chi connectivity index (χ0n) is 20.8. The highest BCUT2D eigenvalue weighted by Crippen LogP contribution is 2.33. The summed E-state index contributed by atoms with van der Waals surface area (Å²) in [6.07, 6.45) is -0.0787. The van der Waals surface area contributed by atoms with Gasteiger partial charge in [-0.1, -0.05) is 23.9 Å². The maximum Gasteiger partial charge on any atom is 0.338 e. The number of thioether (sulfide) groups is 1. The fraction of sp³-hybridized carbons (Fsp3) is 0.214. The number of halogens is 1. The van der Waals surface area contributed by atoms with E-state index in [0.717, 1.165) is 5.56 Å². The van der Waals surface area contributed by atoms with Gasteiger partial charge in [0.15, 0.2) is 5.17 Å². The molecule has 1 unspecified atom stereocenters. The third kappa shape index (κ3) is 6.77. The van der Waals surface area contributed by atoms with Crippen molar-refractivity contribution in [3.63, 3.8) is 0 Å². The van der Waals surface area contributed by atoms with Crippen molar-refractivity contribution in [3.05, 3.63) is 89.7 Å². The first-order chi connectivity index (χ1) is 18.4. The van der Waals surface area contributed by atoms with Crippen LogP contribution in [0.3, 0.4) is 0 Å². The standard InChI is InChI=1S/C28H26FN3O5S/c1-3-37-27(35)19-6-10-21(11-7-19)30-25(33)16-24-26(34)32(17-18-4-14-23(36-2)15-5-18)28(38-24)31-22-12-8-20(29)9-13-22/h4-15,24H,3,16-17H2,1-2H3,(H,30,33). The van der Waals surface area contributed by atoms with Gasteiger partial charge in [-0.2, -0.15) is 0 Å². The lowest BCUT2D eigenvalue weighted by Crippen LogP contribution is -2.33. The van der Waals surface area contributed by atoms with Crippen LogP contribution in [0.15, 0.2) is 77.8 Å². The highest BCUT2D eigenvalue weighted by atomic mass is 32.2. The second-order valence-electron chi connectivity index (χ2n) is 8.30. The number of rotatable bonds is 9. The summed E-state index contributed by atoms with van der Waals surface area (Å²) in [7, 11) is 1.58. The van der Waals surface area contributed by atoms with Crippen LogP contribution >= 0.6 is 11.8 Å². The molecule has 4 rings (SSSR count). The van der Waals surface area contributed by atoms with Crippen molar-refractivity contribution in [1.29, 1.82) is 0 Å². The molecule has 1 saturated heterocycles. The van der Waals surface area contributed by atoms with Crippen LogP contribution in [0.5, 0.6) is 5.75 Å². The van der Waals surface area contributed by atoms with Gasteiger partial charge in [-0.05, 0) is 73.2 Å². The zero-order chi connectivity index (χ0) is 27.1. The molecule has 1 heterocycles. The van der Waals surface area contributed by atoms with E-state index < -0.39 is 11.2 Å². The largest absolute Gasteiger partial charge is 0.497 e. The molecular weight excluding hydrogens is 509 g/mol. The Morgan fingerprint density at radius 1 is 1.03 bits per heavy atom. The van der Waals surface area contributed by atoms with E-state index in [1.807, 2.05) is 12.1 Å². The van der Waals surface area contributed by atoms with Gasteiger partial charge in [-0.3, -0.25) is 14.5 Å². The summed E-state index contributed by atoms with van der Waals surface area (Å²) in [6.45, 7) is 2.25. The lowest BCUT2D eigenvalue weighted by atomic mass is 10.2. The molecule has 2 amide bonds. The number of hydrogen-bond acceptors (Lipinski definition) is 7. The Kier molecular flexibility index (Phi) is 8.75. The van der Waals surface area contributed by atoms with Crippen LogP contribution in [0, 0.1) is 5.82 Å². The average Bonchev–Trinajstić information content (AvgIpc) is 3.19. The Balaban J connectivity index is 1.48. The van der Waals surface area contributed by atoms with Gasteiger partial charge in [0, 0.05) is 12.1 Å². The first-order valence-corrected chi connectivity index (χ1v) is 12.8. The van der Waals surface area contributed by atoms with Crippen LogP contribution in [0.25, 0.3) is 0 Å². The number of benzene rings is 3. The Bertz CT molecular complexity index is 1330. The molecular formula is C28H26FN3O5S. The number of hydrogen-bond donors (Lipinski definition) is 1. The second kappa shape index (κ2) is 12.4. The van der Waals surface area contributed by atoms with Crippen molar-refractivity contribution < 1.29 is 28.2 Å². The molecule has 0 bridgehead atoms. The van der Waals surface area contributed by atoms with E-state index in [-0.39, 0.29) is 37.2 Å². The molecule has 0 aromatic heterocycles. The molecule has 1 aliphatic heterocycles. The molecule has 8 nitrogen and oxygen atoms in total. The lowest BCUT2D eigenvalue weighted by molar-refractivity contribution is -0.128. The Morgan fingerprint density at radius 3 is 2.34 bits per heavy atom. The molecule has 3 aromatic carbocycles. The van der Waals surface area contributed by atoms with Crippen LogP contribution in [0.4, 0.5) is 15.8 Å². The Labute approximate surface area is 223 Å². The average molecular weight is 536 g/mol. The third-order valence-corrected chi connectivity index (χ3v) is 6.80. The first kappa shape index (κ1) is 26.9. The smallest absolute Gasteiger partial charge is 0.338 e. The van der Waals surface area contributed by atoms with Crippen LogP contribution in [-0.2, 0) is 20.9 Å². The van der Waals surface area contributed by atoms with Crippen LogP contribution in [-0.4, -0.2) is 46.8 Å². The van der Waals surface area contributed by atoms with Gasteiger partial charge in [-0.25, -0.2) is 14.2 Å². The van der Waals surface area contributed by atoms with E-state index in [2.05, 4.69) is 10.3 Å². The van der Waals surface area contributed by atoms with Gasteiger partial charge >= 0.3 is 5.97 Å². The van der Waals surface area contributed by atoms with Gasteiger partial charge < -0.3 is 14.8 Å². The number of amidine groups is 1. The predicted molar refractivity (Wildman–Crippen MR) is 144 cm³/mol. The molecule has 1 fully saturated rings. The van der Waals surface area contributed by atoms with Crippen molar-refractivity contribution in [2.24, 2.45) is 4.99 Å². The molecule has 0 saturated carbocycles. The third-order valence-electron chi connectivity index (χ3n) is 5.62. The topological polar surface area (TPSA) is 97.3 Å². The lowest BCUT2D eigenvalue weighted by Gasteiger charge is -2.17. The van der Waals surface area contributed by atoms with Crippen molar-refractivity contribution >= 4 is 46.1 Å². The maximum absolute atomic E-state index is 13.4. The molecule has 3 aromatic rings. The molecule has 38 heavy (non-hydrogen) atoms. The van der Waals surface area contributed by atoms with E-state index in [0.29, 0.717) is 27.9 Å². The molecule has 0 spiro atoms. The highest BCUT2D eigenvalue weighted by Gasteiger charge is 2.39. The van der Waals surface area contributed by atoms with Gasteiger partial charge in [-0.15, -0.1) is 0 Å². The molecule has 196 valence electrons. The Hall–Kier alpha value is -4.18. The quantitative estimate of drug-likeness (QED) is 0.380. The Morgan fingerprint density at radius 2 is 1.71 bits per heavy atom. The number of carbonyl (C=O) groups excluding carboxylic acids is 3.